The zero-order chi connectivity index (χ0) is 13.1. The minimum absolute atomic E-state index is 0.278. The number of hydrogen-bond acceptors (Lipinski definition) is 5. The van der Waals surface area contributed by atoms with Crippen LogP contribution in [0.1, 0.15) is 50.3 Å². The van der Waals surface area contributed by atoms with E-state index in [0.717, 1.165) is 18.7 Å². The van der Waals surface area contributed by atoms with Gasteiger partial charge in [0.05, 0.1) is 6.26 Å². The molecule has 1 fully saturated rings. The molecule has 0 atom stereocenters. The van der Waals surface area contributed by atoms with Crippen molar-refractivity contribution in [2.45, 2.75) is 44.4 Å². The van der Waals surface area contributed by atoms with Crippen molar-refractivity contribution in [2.75, 3.05) is 5.73 Å². The molecule has 0 amide bonds. The van der Waals surface area contributed by atoms with Gasteiger partial charge in [-0.05, 0) is 25.0 Å². The molecule has 5 heteroatoms. The van der Waals surface area contributed by atoms with Gasteiger partial charge in [-0.25, -0.2) is 4.98 Å². The second-order valence-electron chi connectivity index (χ2n) is 5.04. The summed E-state index contributed by atoms with van der Waals surface area (Å²) in [5.41, 5.74) is 5.81. The van der Waals surface area contributed by atoms with Crippen LogP contribution < -0.4 is 5.73 Å². The number of hydrogen-bond donors (Lipinski definition) is 1. The normalized spacial score (nSPS) is 17.3. The number of rotatable bonds is 2. The smallest absolute Gasteiger partial charge is 0.223 e. The summed E-state index contributed by atoms with van der Waals surface area (Å²) in [5, 5.41) is 0. The average molecular weight is 258 g/mol. The molecular weight excluding hydrogens is 240 g/mol. The number of nitrogens with two attached hydrogens (primary N) is 1. The van der Waals surface area contributed by atoms with Crippen molar-refractivity contribution in [3.63, 3.8) is 0 Å². The molecular formula is C14H18N4O. The molecule has 2 heterocycles. The lowest BCUT2D eigenvalue weighted by molar-refractivity contribution is 0.551. The first-order valence-corrected chi connectivity index (χ1v) is 6.88. The molecule has 1 saturated carbocycles. The third-order valence-electron chi connectivity index (χ3n) is 3.63. The number of anilines is 1. The van der Waals surface area contributed by atoms with E-state index in [-0.39, 0.29) is 5.95 Å². The topological polar surface area (TPSA) is 77.8 Å². The molecule has 0 saturated heterocycles. The van der Waals surface area contributed by atoms with Crippen LogP contribution in [0.15, 0.2) is 22.8 Å². The van der Waals surface area contributed by atoms with Gasteiger partial charge in [-0.1, -0.05) is 25.7 Å². The van der Waals surface area contributed by atoms with E-state index < -0.39 is 0 Å². The Morgan fingerprint density at radius 1 is 1.05 bits per heavy atom. The summed E-state index contributed by atoms with van der Waals surface area (Å²) in [5.74, 6) is 2.68. The van der Waals surface area contributed by atoms with Gasteiger partial charge in [-0.3, -0.25) is 0 Å². The molecule has 2 N–H and O–H groups in total. The van der Waals surface area contributed by atoms with Crippen molar-refractivity contribution in [3.8, 4) is 11.6 Å². The highest BCUT2D eigenvalue weighted by Gasteiger charge is 2.19. The molecule has 19 heavy (non-hydrogen) atoms. The van der Waals surface area contributed by atoms with Crippen molar-refractivity contribution >= 4 is 5.95 Å². The largest absolute Gasteiger partial charge is 0.461 e. The molecule has 5 nitrogen and oxygen atoms in total. The molecule has 2 aromatic heterocycles. The van der Waals surface area contributed by atoms with Gasteiger partial charge >= 0.3 is 0 Å². The maximum absolute atomic E-state index is 5.81. The Morgan fingerprint density at radius 2 is 1.84 bits per heavy atom. The van der Waals surface area contributed by atoms with Crippen molar-refractivity contribution in [2.24, 2.45) is 0 Å². The van der Waals surface area contributed by atoms with E-state index in [4.69, 9.17) is 10.2 Å². The van der Waals surface area contributed by atoms with Gasteiger partial charge in [0, 0.05) is 5.92 Å². The lowest BCUT2D eigenvalue weighted by Gasteiger charge is -2.13. The SMILES string of the molecule is Nc1nc(-c2ccco2)nc(C2CCCCCC2)n1. The molecule has 0 unspecified atom stereocenters. The fourth-order valence-corrected chi connectivity index (χ4v) is 2.65. The van der Waals surface area contributed by atoms with Crippen LogP contribution in [0.25, 0.3) is 11.6 Å². The molecule has 0 aromatic carbocycles. The molecule has 0 radical (unpaired) electrons. The van der Waals surface area contributed by atoms with E-state index >= 15 is 0 Å². The van der Waals surface area contributed by atoms with Crippen molar-refractivity contribution in [1.29, 1.82) is 0 Å². The van der Waals surface area contributed by atoms with Gasteiger partial charge in [-0.2, -0.15) is 9.97 Å². The summed E-state index contributed by atoms with van der Waals surface area (Å²) in [4.78, 5) is 13.0. The predicted octanol–water partition coefficient (Wildman–Crippen LogP) is 3.15. The third kappa shape index (κ3) is 2.75. The number of aromatic nitrogens is 3. The number of nitrogens with zero attached hydrogens (tertiary/aromatic N) is 3. The Bertz CT molecular complexity index is 530. The van der Waals surface area contributed by atoms with Crippen LogP contribution in [0.5, 0.6) is 0 Å². The van der Waals surface area contributed by atoms with Crippen molar-refractivity contribution in [1.82, 2.24) is 15.0 Å². The van der Waals surface area contributed by atoms with E-state index in [1.165, 1.54) is 25.7 Å². The second kappa shape index (κ2) is 5.38. The molecule has 0 spiro atoms. The quantitative estimate of drug-likeness (QED) is 0.837. The zero-order valence-electron chi connectivity index (χ0n) is 10.9. The number of furan rings is 1. The summed E-state index contributed by atoms with van der Waals surface area (Å²) in [6.45, 7) is 0. The van der Waals surface area contributed by atoms with E-state index in [0.29, 0.717) is 17.5 Å². The minimum Gasteiger partial charge on any atom is -0.461 e. The first-order chi connectivity index (χ1) is 9.33. The lowest BCUT2D eigenvalue weighted by Crippen LogP contribution is -2.09. The van der Waals surface area contributed by atoms with Gasteiger partial charge in [0.15, 0.2) is 5.76 Å². The minimum atomic E-state index is 0.278. The van der Waals surface area contributed by atoms with Crippen LogP contribution in [-0.4, -0.2) is 15.0 Å². The summed E-state index contributed by atoms with van der Waals surface area (Å²) in [6, 6.07) is 3.66. The highest BCUT2D eigenvalue weighted by Crippen LogP contribution is 2.30. The average Bonchev–Trinajstić information content (AvgIpc) is 2.81. The zero-order valence-corrected chi connectivity index (χ0v) is 10.9. The summed E-state index contributed by atoms with van der Waals surface area (Å²) >= 11 is 0. The summed E-state index contributed by atoms with van der Waals surface area (Å²) in [7, 11) is 0. The highest BCUT2D eigenvalue weighted by molar-refractivity contribution is 5.47. The van der Waals surface area contributed by atoms with Crippen molar-refractivity contribution in [3.05, 3.63) is 24.2 Å². The first kappa shape index (κ1) is 12.1. The summed E-state index contributed by atoms with van der Waals surface area (Å²) < 4.78 is 5.33. The van der Waals surface area contributed by atoms with E-state index in [1.807, 2.05) is 12.1 Å². The van der Waals surface area contributed by atoms with Gasteiger partial charge < -0.3 is 10.2 Å². The predicted molar refractivity (Wildman–Crippen MR) is 72.4 cm³/mol. The molecule has 1 aliphatic carbocycles. The van der Waals surface area contributed by atoms with Crippen LogP contribution in [0.3, 0.4) is 0 Å². The second-order valence-corrected chi connectivity index (χ2v) is 5.04. The van der Waals surface area contributed by atoms with Crippen LogP contribution in [0, 0.1) is 0 Å². The highest BCUT2D eigenvalue weighted by atomic mass is 16.3. The maximum atomic E-state index is 5.81. The Labute approximate surface area is 112 Å². The van der Waals surface area contributed by atoms with E-state index in [9.17, 15) is 0 Å². The van der Waals surface area contributed by atoms with Crippen LogP contribution >= 0.6 is 0 Å². The van der Waals surface area contributed by atoms with E-state index in [2.05, 4.69) is 15.0 Å². The van der Waals surface area contributed by atoms with E-state index in [1.54, 1.807) is 6.26 Å². The van der Waals surface area contributed by atoms with Crippen LogP contribution in [0.4, 0.5) is 5.95 Å². The fraction of sp³-hybridized carbons (Fsp3) is 0.500. The monoisotopic (exact) mass is 258 g/mol. The van der Waals surface area contributed by atoms with Gasteiger partial charge in [0.1, 0.15) is 5.82 Å². The third-order valence-corrected chi connectivity index (χ3v) is 3.63. The van der Waals surface area contributed by atoms with Crippen LogP contribution in [0.2, 0.25) is 0 Å². The first-order valence-electron chi connectivity index (χ1n) is 6.88. The van der Waals surface area contributed by atoms with Gasteiger partial charge in [0.25, 0.3) is 0 Å². The lowest BCUT2D eigenvalue weighted by atomic mass is 9.99. The fourth-order valence-electron chi connectivity index (χ4n) is 2.65. The Kier molecular flexibility index (Phi) is 3.44. The van der Waals surface area contributed by atoms with Gasteiger partial charge in [0.2, 0.25) is 11.8 Å². The molecule has 3 rings (SSSR count). The molecule has 1 aliphatic rings. The molecule has 0 aliphatic heterocycles. The Balaban J connectivity index is 1.92. The van der Waals surface area contributed by atoms with Gasteiger partial charge in [-0.15, -0.1) is 0 Å². The Morgan fingerprint density at radius 3 is 2.53 bits per heavy atom. The van der Waals surface area contributed by atoms with Crippen molar-refractivity contribution < 1.29 is 4.42 Å². The summed E-state index contributed by atoms with van der Waals surface area (Å²) in [6.07, 6.45) is 8.99. The standard InChI is InChI=1S/C14H18N4O/c15-14-17-12(10-6-3-1-2-4-7-10)16-13(18-14)11-8-5-9-19-11/h5,8-10H,1-4,6-7H2,(H2,15,16,17,18). The van der Waals surface area contributed by atoms with Crippen LogP contribution in [-0.2, 0) is 0 Å². The molecule has 100 valence electrons. The Hall–Kier alpha value is -1.91. The number of nitrogen functional groups attached to an aromatic ring is 1. The molecule has 2 aromatic rings. The molecule has 0 bridgehead atoms. The maximum Gasteiger partial charge on any atom is 0.223 e.